The lowest BCUT2D eigenvalue weighted by atomic mass is 10.3. The molecule has 0 aliphatic carbocycles. The minimum absolute atomic E-state index is 0.0294. The predicted molar refractivity (Wildman–Crippen MR) is 80.8 cm³/mol. The molecule has 0 aromatic heterocycles. The molecule has 1 rings (SSSR count). The highest BCUT2D eigenvalue weighted by Crippen LogP contribution is 2.11. The predicted octanol–water partition coefficient (Wildman–Crippen LogP) is 0.516. The molecule has 0 bridgehead atoms. The number of hydrogen-bond acceptors (Lipinski definition) is 4. The van der Waals surface area contributed by atoms with Crippen LogP contribution in [0.3, 0.4) is 0 Å². The maximum atomic E-state index is 12.9. The van der Waals surface area contributed by atoms with Crippen LogP contribution in [0, 0.1) is 5.82 Å². The maximum Gasteiger partial charge on any atom is 0.234 e. The molecule has 0 heterocycles. The molecule has 0 fully saturated rings. The van der Waals surface area contributed by atoms with Gasteiger partial charge in [-0.3, -0.25) is 14.5 Å². The van der Waals surface area contributed by atoms with Crippen molar-refractivity contribution < 1.29 is 18.7 Å². The van der Waals surface area contributed by atoms with E-state index in [0.717, 1.165) is 0 Å². The molecule has 3 N–H and O–H groups in total. The van der Waals surface area contributed by atoms with Crippen LogP contribution in [0.1, 0.15) is 13.8 Å². The Kier molecular flexibility index (Phi) is 7.31. The van der Waals surface area contributed by atoms with Gasteiger partial charge < -0.3 is 15.8 Å². The van der Waals surface area contributed by atoms with Gasteiger partial charge in [0, 0.05) is 12.1 Å². The van der Waals surface area contributed by atoms with Crippen molar-refractivity contribution in [1.82, 2.24) is 10.2 Å². The van der Waals surface area contributed by atoms with E-state index in [0.29, 0.717) is 5.75 Å². The van der Waals surface area contributed by atoms with Crippen LogP contribution in [0.4, 0.5) is 4.39 Å². The maximum absolute atomic E-state index is 12.9. The molecule has 0 aliphatic heterocycles. The Morgan fingerprint density at radius 3 is 2.68 bits per heavy atom. The summed E-state index contributed by atoms with van der Waals surface area (Å²) < 4.78 is 18.2. The van der Waals surface area contributed by atoms with E-state index >= 15 is 0 Å². The summed E-state index contributed by atoms with van der Waals surface area (Å²) in [5.41, 5.74) is 5.14. The largest absolute Gasteiger partial charge is 0.492 e. The molecule has 1 aromatic rings. The lowest BCUT2D eigenvalue weighted by Crippen LogP contribution is -2.45. The van der Waals surface area contributed by atoms with Gasteiger partial charge in [0.15, 0.2) is 0 Å². The Labute approximate surface area is 129 Å². The second kappa shape index (κ2) is 8.99. The van der Waals surface area contributed by atoms with Crippen LogP contribution in [0.2, 0.25) is 0 Å². The third-order valence-corrected chi connectivity index (χ3v) is 2.92. The second-order valence-electron chi connectivity index (χ2n) is 5.12. The van der Waals surface area contributed by atoms with E-state index in [9.17, 15) is 14.0 Å². The van der Waals surface area contributed by atoms with Gasteiger partial charge in [-0.1, -0.05) is 6.07 Å². The van der Waals surface area contributed by atoms with Crippen LogP contribution in [-0.2, 0) is 9.59 Å². The van der Waals surface area contributed by atoms with Crippen LogP contribution in [-0.4, -0.2) is 49.0 Å². The summed E-state index contributed by atoms with van der Waals surface area (Å²) in [5, 5.41) is 2.67. The van der Waals surface area contributed by atoms with Crippen molar-refractivity contribution >= 4 is 11.8 Å². The molecule has 0 radical (unpaired) electrons. The van der Waals surface area contributed by atoms with Crippen LogP contribution in [0.25, 0.3) is 0 Å². The fraction of sp³-hybridized carbons (Fsp3) is 0.467. The first-order valence-corrected chi connectivity index (χ1v) is 7.06. The van der Waals surface area contributed by atoms with Gasteiger partial charge in [-0.2, -0.15) is 0 Å². The van der Waals surface area contributed by atoms with E-state index in [2.05, 4.69) is 5.32 Å². The van der Waals surface area contributed by atoms with Crippen molar-refractivity contribution in [1.29, 1.82) is 0 Å². The number of halogens is 1. The van der Waals surface area contributed by atoms with Gasteiger partial charge in [-0.15, -0.1) is 0 Å². The Hall–Kier alpha value is -2.15. The average Bonchev–Trinajstić information content (AvgIpc) is 2.42. The number of rotatable bonds is 9. The van der Waals surface area contributed by atoms with Crippen LogP contribution in [0.5, 0.6) is 5.75 Å². The zero-order valence-electron chi connectivity index (χ0n) is 12.8. The molecule has 22 heavy (non-hydrogen) atoms. The van der Waals surface area contributed by atoms with Crippen molar-refractivity contribution in [3.8, 4) is 5.75 Å². The van der Waals surface area contributed by atoms with Crippen molar-refractivity contribution in [2.24, 2.45) is 5.73 Å². The Balaban J connectivity index is 2.29. The minimum Gasteiger partial charge on any atom is -0.492 e. The Bertz CT molecular complexity index is 509. The topological polar surface area (TPSA) is 84.7 Å². The van der Waals surface area contributed by atoms with Crippen LogP contribution in [0.15, 0.2) is 24.3 Å². The third-order valence-electron chi connectivity index (χ3n) is 2.92. The molecule has 122 valence electrons. The van der Waals surface area contributed by atoms with Crippen LogP contribution >= 0.6 is 0 Å². The number of primary amides is 1. The number of carbonyl (C=O) groups is 2. The average molecular weight is 311 g/mol. The first-order chi connectivity index (χ1) is 10.4. The summed E-state index contributed by atoms with van der Waals surface area (Å²) in [5.74, 6) is -0.666. The number of ether oxygens (including phenoxy) is 1. The van der Waals surface area contributed by atoms with Gasteiger partial charge in [-0.05, 0) is 26.0 Å². The number of nitrogens with zero attached hydrogens (tertiary/aromatic N) is 1. The molecule has 0 unspecified atom stereocenters. The second-order valence-corrected chi connectivity index (χ2v) is 5.12. The molecule has 1 aromatic carbocycles. The summed E-state index contributed by atoms with van der Waals surface area (Å²) in [7, 11) is 0. The fourth-order valence-corrected chi connectivity index (χ4v) is 1.78. The molecular weight excluding hydrogens is 289 g/mol. The standard InChI is InChI=1S/C15H22FN3O3/c1-11(2)19(9-14(17)20)10-15(21)18-6-7-22-13-5-3-4-12(16)8-13/h3-5,8,11H,6-7,9-10H2,1-2H3,(H2,17,20)(H,18,21). The Morgan fingerprint density at radius 2 is 2.09 bits per heavy atom. The molecule has 6 nitrogen and oxygen atoms in total. The highest BCUT2D eigenvalue weighted by molar-refractivity contribution is 5.80. The molecule has 0 saturated carbocycles. The molecule has 0 saturated heterocycles. The number of nitrogens with one attached hydrogen (secondary N) is 1. The molecule has 2 amide bonds. The SMILES string of the molecule is CC(C)N(CC(N)=O)CC(=O)NCCOc1cccc(F)c1. The molecule has 0 atom stereocenters. The van der Waals surface area contributed by atoms with E-state index < -0.39 is 5.91 Å². The smallest absolute Gasteiger partial charge is 0.234 e. The van der Waals surface area contributed by atoms with Crippen molar-refractivity contribution in [3.63, 3.8) is 0 Å². The first kappa shape index (κ1) is 17.9. The zero-order valence-corrected chi connectivity index (χ0v) is 12.8. The lowest BCUT2D eigenvalue weighted by Gasteiger charge is -2.24. The highest BCUT2D eigenvalue weighted by Gasteiger charge is 2.15. The van der Waals surface area contributed by atoms with Gasteiger partial charge in [0.25, 0.3) is 0 Å². The van der Waals surface area contributed by atoms with Gasteiger partial charge >= 0.3 is 0 Å². The van der Waals surface area contributed by atoms with Gasteiger partial charge in [0.05, 0.1) is 19.6 Å². The lowest BCUT2D eigenvalue weighted by molar-refractivity contribution is -0.124. The van der Waals surface area contributed by atoms with Gasteiger partial charge in [-0.25, -0.2) is 4.39 Å². The number of benzene rings is 1. The van der Waals surface area contributed by atoms with E-state index in [1.165, 1.54) is 12.1 Å². The number of hydrogen-bond donors (Lipinski definition) is 2. The van der Waals surface area contributed by atoms with Crippen LogP contribution < -0.4 is 15.8 Å². The van der Waals surface area contributed by atoms with Crippen molar-refractivity contribution in [2.75, 3.05) is 26.2 Å². The first-order valence-electron chi connectivity index (χ1n) is 7.06. The molecule has 0 spiro atoms. The van der Waals surface area contributed by atoms with Gasteiger partial charge in [0.2, 0.25) is 11.8 Å². The van der Waals surface area contributed by atoms with E-state index in [-0.39, 0.29) is 44.0 Å². The normalized spacial score (nSPS) is 10.8. The molecule has 0 aliphatic rings. The molecular formula is C15H22FN3O3. The Morgan fingerprint density at radius 1 is 1.36 bits per heavy atom. The third kappa shape index (κ3) is 7.03. The van der Waals surface area contributed by atoms with E-state index in [1.807, 2.05) is 13.8 Å². The number of nitrogens with two attached hydrogens (primary N) is 1. The number of amides is 2. The van der Waals surface area contributed by atoms with E-state index in [1.54, 1.807) is 17.0 Å². The van der Waals surface area contributed by atoms with Crippen molar-refractivity contribution in [2.45, 2.75) is 19.9 Å². The monoisotopic (exact) mass is 311 g/mol. The molecule has 7 heteroatoms. The summed E-state index contributed by atoms with van der Waals surface area (Å²) >= 11 is 0. The quantitative estimate of drug-likeness (QED) is 0.651. The van der Waals surface area contributed by atoms with Crippen molar-refractivity contribution in [3.05, 3.63) is 30.1 Å². The number of carbonyl (C=O) groups excluding carboxylic acids is 2. The minimum atomic E-state index is -0.476. The van der Waals surface area contributed by atoms with E-state index in [4.69, 9.17) is 10.5 Å². The summed E-state index contributed by atoms with van der Waals surface area (Å²) in [6.07, 6.45) is 0. The summed E-state index contributed by atoms with van der Waals surface area (Å²) in [6, 6.07) is 5.82. The fourth-order valence-electron chi connectivity index (χ4n) is 1.78. The van der Waals surface area contributed by atoms with Gasteiger partial charge in [0.1, 0.15) is 18.2 Å². The summed E-state index contributed by atoms with van der Waals surface area (Å²) in [6.45, 7) is 4.39. The zero-order chi connectivity index (χ0) is 16.5. The summed E-state index contributed by atoms with van der Waals surface area (Å²) in [4.78, 5) is 24.4. The highest BCUT2D eigenvalue weighted by atomic mass is 19.1.